The van der Waals surface area contributed by atoms with Crippen molar-refractivity contribution in [3.63, 3.8) is 0 Å². The molecular formula is C15H16O2. The molecule has 2 N–H and O–H groups in total. The minimum atomic E-state index is 0.201. The molecule has 17 heavy (non-hydrogen) atoms. The second kappa shape index (κ2) is 4.13. The monoisotopic (exact) mass is 228 g/mol. The Hall–Kier alpha value is -1.96. The summed E-state index contributed by atoms with van der Waals surface area (Å²) in [5.74, 6) is 0.416. The topological polar surface area (TPSA) is 40.5 Å². The van der Waals surface area contributed by atoms with Crippen molar-refractivity contribution in [2.75, 3.05) is 0 Å². The van der Waals surface area contributed by atoms with Gasteiger partial charge in [-0.3, -0.25) is 0 Å². The van der Waals surface area contributed by atoms with Crippen LogP contribution in [0.3, 0.4) is 0 Å². The first-order chi connectivity index (χ1) is 8.00. The summed E-state index contributed by atoms with van der Waals surface area (Å²) >= 11 is 0. The summed E-state index contributed by atoms with van der Waals surface area (Å²) in [4.78, 5) is 0. The van der Waals surface area contributed by atoms with Gasteiger partial charge in [-0.15, -0.1) is 0 Å². The number of phenols is 2. The predicted octanol–water partition coefficient (Wildman–Crippen LogP) is 3.69. The van der Waals surface area contributed by atoms with E-state index in [9.17, 15) is 10.2 Å². The van der Waals surface area contributed by atoms with Crippen molar-refractivity contribution in [1.29, 1.82) is 0 Å². The fourth-order valence-electron chi connectivity index (χ4n) is 2.25. The zero-order valence-corrected chi connectivity index (χ0v) is 10.3. The number of benzene rings is 2. The van der Waals surface area contributed by atoms with E-state index in [1.54, 1.807) is 18.2 Å². The highest BCUT2D eigenvalue weighted by molar-refractivity contribution is 5.80. The van der Waals surface area contributed by atoms with Crippen molar-refractivity contribution >= 4 is 0 Å². The van der Waals surface area contributed by atoms with Crippen LogP contribution in [0, 0.1) is 20.8 Å². The predicted molar refractivity (Wildman–Crippen MR) is 69.4 cm³/mol. The molecule has 0 heterocycles. The van der Waals surface area contributed by atoms with Crippen molar-refractivity contribution in [3.8, 4) is 22.6 Å². The average molecular weight is 228 g/mol. The van der Waals surface area contributed by atoms with Crippen molar-refractivity contribution in [2.45, 2.75) is 20.8 Å². The van der Waals surface area contributed by atoms with Crippen molar-refractivity contribution < 1.29 is 10.2 Å². The summed E-state index contributed by atoms with van der Waals surface area (Å²) in [5.41, 5.74) is 4.35. The van der Waals surface area contributed by atoms with E-state index in [2.05, 4.69) is 0 Å². The van der Waals surface area contributed by atoms with Crippen LogP contribution in [0.15, 0.2) is 30.3 Å². The van der Waals surface area contributed by atoms with Gasteiger partial charge in [0.2, 0.25) is 0 Å². The molecule has 0 aromatic heterocycles. The van der Waals surface area contributed by atoms with Crippen LogP contribution in [0.1, 0.15) is 16.7 Å². The van der Waals surface area contributed by atoms with Gasteiger partial charge in [-0.1, -0.05) is 18.2 Å². The van der Waals surface area contributed by atoms with Gasteiger partial charge >= 0.3 is 0 Å². The standard InChI is InChI=1S/C15H16O2/c1-9-7-11(3)15(13(17)8-9)14-10(2)5-4-6-12(14)16/h4-8,16-17H,1-3H3. The molecule has 0 aliphatic heterocycles. The molecule has 0 saturated heterocycles. The first-order valence-corrected chi connectivity index (χ1v) is 5.60. The van der Waals surface area contributed by atoms with Gasteiger partial charge in [-0.25, -0.2) is 0 Å². The SMILES string of the molecule is Cc1cc(C)c(-c2c(C)cccc2O)c(O)c1. The first kappa shape index (κ1) is 11.5. The smallest absolute Gasteiger partial charge is 0.124 e. The highest BCUT2D eigenvalue weighted by Crippen LogP contribution is 2.40. The third-order valence-electron chi connectivity index (χ3n) is 2.96. The van der Waals surface area contributed by atoms with Crippen LogP contribution in [0.5, 0.6) is 11.5 Å². The van der Waals surface area contributed by atoms with Gasteiger partial charge in [0.05, 0.1) is 0 Å². The number of hydrogen-bond acceptors (Lipinski definition) is 2. The molecule has 0 aliphatic carbocycles. The Morgan fingerprint density at radius 1 is 0.765 bits per heavy atom. The number of aromatic hydroxyl groups is 2. The summed E-state index contributed by atoms with van der Waals surface area (Å²) in [6.07, 6.45) is 0. The molecule has 88 valence electrons. The minimum Gasteiger partial charge on any atom is -0.507 e. The number of phenolic OH excluding ortho intramolecular Hbond substituents is 2. The van der Waals surface area contributed by atoms with Crippen molar-refractivity contribution in [3.05, 3.63) is 47.0 Å². The number of rotatable bonds is 1. The molecule has 0 spiro atoms. The normalized spacial score (nSPS) is 10.5. The van der Waals surface area contributed by atoms with Crippen molar-refractivity contribution in [1.82, 2.24) is 0 Å². The Kier molecular flexibility index (Phi) is 2.80. The van der Waals surface area contributed by atoms with Crippen LogP contribution >= 0.6 is 0 Å². The summed E-state index contributed by atoms with van der Waals surface area (Å²) in [6, 6.07) is 9.08. The summed E-state index contributed by atoms with van der Waals surface area (Å²) in [5, 5.41) is 20.0. The average Bonchev–Trinajstić information content (AvgIpc) is 2.21. The lowest BCUT2D eigenvalue weighted by Gasteiger charge is -2.14. The molecule has 0 aliphatic rings. The molecule has 2 nitrogen and oxygen atoms in total. The lowest BCUT2D eigenvalue weighted by atomic mass is 9.93. The molecule has 0 fully saturated rings. The fourth-order valence-corrected chi connectivity index (χ4v) is 2.25. The Bertz CT molecular complexity index is 528. The molecule has 2 rings (SSSR count). The zero-order chi connectivity index (χ0) is 12.6. The molecule has 0 saturated carbocycles. The summed E-state index contributed by atoms with van der Waals surface area (Å²) in [7, 11) is 0. The fraction of sp³-hybridized carbons (Fsp3) is 0.200. The van der Waals surface area contributed by atoms with E-state index in [1.165, 1.54) is 0 Å². The van der Waals surface area contributed by atoms with Crippen LogP contribution < -0.4 is 0 Å². The van der Waals surface area contributed by atoms with E-state index < -0.39 is 0 Å². The Morgan fingerprint density at radius 2 is 1.41 bits per heavy atom. The molecule has 2 heteroatoms. The second-order valence-electron chi connectivity index (χ2n) is 4.44. The second-order valence-corrected chi connectivity index (χ2v) is 4.44. The first-order valence-electron chi connectivity index (χ1n) is 5.60. The van der Waals surface area contributed by atoms with Crippen molar-refractivity contribution in [2.24, 2.45) is 0 Å². The van der Waals surface area contributed by atoms with Crippen LogP contribution in [-0.2, 0) is 0 Å². The third kappa shape index (κ3) is 1.98. The highest BCUT2D eigenvalue weighted by Gasteiger charge is 2.14. The molecule has 0 radical (unpaired) electrons. The Balaban J connectivity index is 2.77. The summed E-state index contributed by atoms with van der Waals surface area (Å²) in [6.45, 7) is 5.80. The van der Waals surface area contributed by atoms with Crippen LogP contribution in [0.2, 0.25) is 0 Å². The molecule has 0 unspecified atom stereocenters. The highest BCUT2D eigenvalue weighted by atomic mass is 16.3. The Labute approximate surface area is 101 Å². The van der Waals surface area contributed by atoms with Gasteiger partial charge in [0.15, 0.2) is 0 Å². The van der Waals surface area contributed by atoms with E-state index in [0.29, 0.717) is 11.1 Å². The molecule has 2 aromatic rings. The lowest BCUT2D eigenvalue weighted by Crippen LogP contribution is -1.90. The maximum Gasteiger partial charge on any atom is 0.124 e. The molecule has 0 bridgehead atoms. The molecule has 2 aromatic carbocycles. The van der Waals surface area contributed by atoms with Gasteiger partial charge in [0.25, 0.3) is 0 Å². The van der Waals surface area contributed by atoms with Crippen LogP contribution in [0.25, 0.3) is 11.1 Å². The van der Waals surface area contributed by atoms with Crippen LogP contribution in [0.4, 0.5) is 0 Å². The van der Waals surface area contributed by atoms with E-state index in [1.807, 2.05) is 32.9 Å². The van der Waals surface area contributed by atoms with E-state index in [0.717, 1.165) is 16.7 Å². The van der Waals surface area contributed by atoms with Crippen LogP contribution in [-0.4, -0.2) is 10.2 Å². The molecule has 0 amide bonds. The Morgan fingerprint density at radius 3 is 2.00 bits per heavy atom. The quantitative estimate of drug-likeness (QED) is 0.781. The maximum absolute atomic E-state index is 10.1. The van der Waals surface area contributed by atoms with E-state index in [4.69, 9.17) is 0 Å². The van der Waals surface area contributed by atoms with Gasteiger partial charge in [0, 0.05) is 11.1 Å². The van der Waals surface area contributed by atoms with E-state index in [-0.39, 0.29) is 11.5 Å². The van der Waals surface area contributed by atoms with Gasteiger partial charge in [-0.2, -0.15) is 0 Å². The zero-order valence-electron chi connectivity index (χ0n) is 10.3. The molecule has 0 atom stereocenters. The maximum atomic E-state index is 10.1. The largest absolute Gasteiger partial charge is 0.507 e. The minimum absolute atomic E-state index is 0.201. The lowest BCUT2D eigenvalue weighted by molar-refractivity contribution is 0.468. The number of hydrogen-bond donors (Lipinski definition) is 2. The van der Waals surface area contributed by atoms with Gasteiger partial charge in [-0.05, 0) is 49.6 Å². The van der Waals surface area contributed by atoms with E-state index >= 15 is 0 Å². The third-order valence-corrected chi connectivity index (χ3v) is 2.96. The van der Waals surface area contributed by atoms with Gasteiger partial charge < -0.3 is 10.2 Å². The van der Waals surface area contributed by atoms with Gasteiger partial charge in [0.1, 0.15) is 11.5 Å². The number of aryl methyl sites for hydroxylation is 3. The molecular weight excluding hydrogens is 212 g/mol. The summed E-state index contributed by atoms with van der Waals surface area (Å²) < 4.78 is 0.